The minimum atomic E-state index is -0.494. The molecule has 1 unspecified atom stereocenters. The van der Waals surface area contributed by atoms with Crippen LogP contribution >= 0.6 is 0 Å². The molecule has 1 N–H and O–H groups in total. The van der Waals surface area contributed by atoms with E-state index < -0.39 is 5.60 Å². The van der Waals surface area contributed by atoms with Crippen molar-refractivity contribution in [2.75, 3.05) is 0 Å². The van der Waals surface area contributed by atoms with Gasteiger partial charge in [0.25, 0.3) is 0 Å². The molecule has 262 valence electrons. The fourth-order valence-electron chi connectivity index (χ4n) is 4.58. The third-order valence-electron chi connectivity index (χ3n) is 11.7. The van der Waals surface area contributed by atoms with Crippen LogP contribution in [0.1, 0.15) is 209 Å². The van der Waals surface area contributed by atoms with Crippen LogP contribution in [0.3, 0.4) is 0 Å². The minimum Gasteiger partial charge on any atom is -0.459 e. The van der Waals surface area contributed by atoms with Gasteiger partial charge in [0.05, 0.1) is 11.0 Å². The summed E-state index contributed by atoms with van der Waals surface area (Å²) in [6, 6.07) is 0. The van der Waals surface area contributed by atoms with Gasteiger partial charge in [-0.1, -0.05) is 155 Å². The predicted octanol–water partition coefficient (Wildman–Crippen LogP) is 13.2. The SMILES string of the molecule is CC(C)C1(C)C(=O)OC(C)(C)C1(C)C.CCC(C)(C)CC.CCC(C)(C)CCC(C)(C)O.CCCCCCC(C)(C)CC. The van der Waals surface area contributed by atoms with Crippen LogP contribution in [0.15, 0.2) is 0 Å². The van der Waals surface area contributed by atoms with Gasteiger partial charge in [-0.25, -0.2) is 0 Å². The van der Waals surface area contributed by atoms with E-state index in [0.29, 0.717) is 22.2 Å². The van der Waals surface area contributed by atoms with Gasteiger partial charge in [-0.3, -0.25) is 4.79 Å². The van der Waals surface area contributed by atoms with Gasteiger partial charge in [0.15, 0.2) is 0 Å². The molecule has 3 heteroatoms. The van der Waals surface area contributed by atoms with Crippen molar-refractivity contribution < 1.29 is 14.6 Å². The molecule has 1 fully saturated rings. The maximum atomic E-state index is 11.9. The average molecular weight is 613 g/mol. The van der Waals surface area contributed by atoms with E-state index in [1.54, 1.807) is 0 Å². The molecule has 1 atom stereocenters. The highest BCUT2D eigenvalue weighted by molar-refractivity contribution is 5.81. The average Bonchev–Trinajstić information content (AvgIpc) is 3.02. The quantitative estimate of drug-likeness (QED) is 0.166. The summed E-state index contributed by atoms with van der Waals surface area (Å²) in [6.07, 6.45) is 14.1. The summed E-state index contributed by atoms with van der Waals surface area (Å²) in [5, 5.41) is 9.48. The first-order valence-electron chi connectivity index (χ1n) is 18.0. The Morgan fingerprint density at radius 1 is 0.628 bits per heavy atom. The first kappa shape index (κ1) is 46.8. The Balaban J connectivity index is -0.000000510. The van der Waals surface area contributed by atoms with E-state index >= 15 is 0 Å². The van der Waals surface area contributed by atoms with E-state index in [0.717, 1.165) is 12.8 Å². The van der Waals surface area contributed by atoms with E-state index in [1.165, 1.54) is 57.8 Å². The molecule has 3 nitrogen and oxygen atoms in total. The number of esters is 1. The zero-order valence-corrected chi connectivity index (χ0v) is 33.6. The molecule has 1 heterocycles. The fraction of sp³-hybridized carbons (Fsp3) is 0.975. The summed E-state index contributed by atoms with van der Waals surface area (Å²) in [6.45, 7) is 43.3. The second-order valence-corrected chi connectivity index (χ2v) is 17.9. The highest BCUT2D eigenvalue weighted by Gasteiger charge is 2.64. The van der Waals surface area contributed by atoms with Crippen LogP contribution in [0.5, 0.6) is 0 Å². The summed E-state index contributed by atoms with van der Waals surface area (Å²) < 4.78 is 5.50. The zero-order valence-electron chi connectivity index (χ0n) is 33.6. The van der Waals surface area contributed by atoms with Crippen LogP contribution in [0.4, 0.5) is 0 Å². The third-order valence-corrected chi connectivity index (χ3v) is 11.7. The molecule has 43 heavy (non-hydrogen) atoms. The highest BCUT2D eigenvalue weighted by Crippen LogP contribution is 2.58. The first-order chi connectivity index (χ1) is 19.1. The molecule has 1 saturated heterocycles. The fourth-order valence-corrected chi connectivity index (χ4v) is 4.58. The Morgan fingerprint density at radius 3 is 1.26 bits per heavy atom. The monoisotopic (exact) mass is 613 g/mol. The van der Waals surface area contributed by atoms with Crippen LogP contribution in [0.25, 0.3) is 0 Å². The number of unbranched alkanes of at least 4 members (excludes halogenated alkanes) is 3. The molecule has 1 aliphatic heterocycles. The Hall–Kier alpha value is -0.570. The maximum Gasteiger partial charge on any atom is 0.313 e. The summed E-state index contributed by atoms with van der Waals surface area (Å²) in [4.78, 5) is 11.9. The van der Waals surface area contributed by atoms with Crippen molar-refractivity contribution >= 4 is 5.97 Å². The Labute approximate surface area is 273 Å². The first-order valence-corrected chi connectivity index (χ1v) is 18.0. The van der Waals surface area contributed by atoms with Crippen LogP contribution in [-0.4, -0.2) is 22.3 Å². The number of hydrogen-bond donors (Lipinski definition) is 1. The topological polar surface area (TPSA) is 46.5 Å². The summed E-state index contributed by atoms with van der Waals surface area (Å²) in [5.74, 6) is 0.245. The molecule has 0 aromatic heterocycles. The Kier molecular flexibility index (Phi) is 20.9. The van der Waals surface area contributed by atoms with Crippen molar-refractivity contribution in [2.24, 2.45) is 33.0 Å². The second kappa shape index (κ2) is 19.2. The van der Waals surface area contributed by atoms with Crippen molar-refractivity contribution in [3.05, 3.63) is 0 Å². The number of rotatable bonds is 13. The lowest BCUT2D eigenvalue weighted by Gasteiger charge is -2.42. The Bertz CT molecular complexity index is 727. The summed E-state index contributed by atoms with van der Waals surface area (Å²) >= 11 is 0. The molecule has 0 aliphatic carbocycles. The lowest BCUT2D eigenvalue weighted by molar-refractivity contribution is -0.153. The number of cyclic esters (lactones) is 1. The molecule has 0 spiro atoms. The normalized spacial score (nSPS) is 19.8. The van der Waals surface area contributed by atoms with Gasteiger partial charge in [0.1, 0.15) is 5.60 Å². The van der Waals surface area contributed by atoms with Gasteiger partial charge in [0.2, 0.25) is 0 Å². The molecular weight excluding hydrogens is 528 g/mol. The lowest BCUT2D eigenvalue weighted by atomic mass is 9.57. The van der Waals surface area contributed by atoms with Crippen molar-refractivity contribution in [1.29, 1.82) is 0 Å². The number of ether oxygens (including phenoxy) is 1. The van der Waals surface area contributed by atoms with E-state index in [2.05, 4.69) is 104 Å². The minimum absolute atomic E-state index is 0.0532. The third kappa shape index (κ3) is 17.6. The summed E-state index contributed by atoms with van der Waals surface area (Å²) in [7, 11) is 0. The molecule has 0 saturated carbocycles. The highest BCUT2D eigenvalue weighted by atomic mass is 16.6. The molecule has 0 aromatic rings. The number of hydrogen-bond acceptors (Lipinski definition) is 3. The van der Waals surface area contributed by atoms with Crippen LogP contribution < -0.4 is 0 Å². The van der Waals surface area contributed by atoms with Gasteiger partial charge in [-0.05, 0) is 76.0 Å². The smallest absolute Gasteiger partial charge is 0.313 e. The van der Waals surface area contributed by atoms with Gasteiger partial charge in [0, 0.05) is 5.41 Å². The van der Waals surface area contributed by atoms with Gasteiger partial charge in [-0.15, -0.1) is 0 Å². The molecule has 0 amide bonds. The van der Waals surface area contributed by atoms with Crippen LogP contribution in [0.2, 0.25) is 0 Å². The van der Waals surface area contributed by atoms with Crippen molar-refractivity contribution in [2.45, 2.75) is 220 Å². The Morgan fingerprint density at radius 2 is 1.02 bits per heavy atom. The number of carbonyl (C=O) groups is 1. The van der Waals surface area contributed by atoms with Crippen molar-refractivity contribution in [3.8, 4) is 0 Å². The molecule has 0 bridgehead atoms. The molecular formula is C40H84O3. The summed E-state index contributed by atoms with van der Waals surface area (Å²) in [5.41, 5.74) is 0.186. The van der Waals surface area contributed by atoms with Gasteiger partial charge < -0.3 is 9.84 Å². The van der Waals surface area contributed by atoms with Crippen LogP contribution in [-0.2, 0) is 9.53 Å². The molecule has 1 aliphatic rings. The van der Waals surface area contributed by atoms with E-state index in [9.17, 15) is 9.90 Å². The standard InChI is InChI=1S/C12H22O2.C11H24.C10H22O.C7H16/c1-8(2)12(7)9(13)14-11(5,6)10(12,3)4;1-5-7-8-9-10-11(3,4)6-2;1-6-9(2,3)7-8-10(4,5)11;1-5-7(3,4)6-2/h8H,1-7H3;5-10H2,1-4H3;11H,6-8H2,1-5H3;5-6H2,1-4H3. The molecule has 1 rings (SSSR count). The van der Waals surface area contributed by atoms with E-state index in [4.69, 9.17) is 4.74 Å². The van der Waals surface area contributed by atoms with Gasteiger partial charge in [-0.2, -0.15) is 0 Å². The zero-order chi connectivity index (χ0) is 35.1. The maximum absolute atomic E-state index is 11.9. The van der Waals surface area contributed by atoms with Crippen LogP contribution in [0, 0.1) is 33.0 Å². The predicted molar refractivity (Wildman–Crippen MR) is 194 cm³/mol. The number of carbonyl (C=O) groups excluding carboxylic acids is 1. The van der Waals surface area contributed by atoms with Crippen molar-refractivity contribution in [1.82, 2.24) is 0 Å². The lowest BCUT2D eigenvalue weighted by Crippen LogP contribution is -2.47. The van der Waals surface area contributed by atoms with E-state index in [1.807, 2.05) is 34.6 Å². The molecule has 0 aromatic carbocycles. The van der Waals surface area contributed by atoms with Crippen molar-refractivity contribution in [3.63, 3.8) is 0 Å². The van der Waals surface area contributed by atoms with E-state index in [-0.39, 0.29) is 22.4 Å². The second-order valence-electron chi connectivity index (χ2n) is 17.9. The molecule has 0 radical (unpaired) electrons. The number of aliphatic hydroxyl groups is 1. The van der Waals surface area contributed by atoms with Gasteiger partial charge >= 0.3 is 5.97 Å². The largest absolute Gasteiger partial charge is 0.459 e.